The highest BCUT2D eigenvalue weighted by Crippen LogP contribution is 2.23. The lowest BCUT2D eigenvalue weighted by atomic mass is 9.97. The molecule has 8 nitrogen and oxygen atoms in total. The summed E-state index contributed by atoms with van der Waals surface area (Å²) in [5, 5.41) is 0. The van der Waals surface area contributed by atoms with E-state index in [9.17, 15) is 18.0 Å². The first-order valence-electron chi connectivity index (χ1n) is 10.4. The zero-order valence-corrected chi connectivity index (χ0v) is 18.9. The smallest absolute Gasteiger partial charge is 0.263 e. The minimum Gasteiger partial charge on any atom is -0.494 e. The van der Waals surface area contributed by atoms with E-state index in [1.807, 2.05) is 13.8 Å². The first kappa shape index (κ1) is 23.0. The predicted octanol–water partition coefficient (Wildman–Crippen LogP) is 1.92. The third kappa shape index (κ3) is 5.34. The largest absolute Gasteiger partial charge is 0.494 e. The van der Waals surface area contributed by atoms with E-state index in [1.165, 1.54) is 4.57 Å². The number of sulfonamides is 1. The molecule has 0 unspecified atom stereocenters. The Hall–Kier alpha value is -2.65. The van der Waals surface area contributed by atoms with Crippen molar-refractivity contribution in [2.45, 2.75) is 31.6 Å². The van der Waals surface area contributed by atoms with Gasteiger partial charge in [-0.1, -0.05) is 0 Å². The molecular formula is C22H29N3O5S. The van der Waals surface area contributed by atoms with E-state index in [4.69, 9.17) is 4.74 Å². The van der Waals surface area contributed by atoms with E-state index >= 15 is 0 Å². The highest BCUT2D eigenvalue weighted by molar-refractivity contribution is 7.89. The van der Waals surface area contributed by atoms with Crippen molar-refractivity contribution < 1.29 is 17.9 Å². The van der Waals surface area contributed by atoms with Gasteiger partial charge in [0.25, 0.3) is 11.5 Å². The minimum atomic E-state index is -3.63. The number of nitrogens with one attached hydrogen (secondary N) is 1. The molecule has 0 radical (unpaired) electrons. The van der Waals surface area contributed by atoms with Crippen LogP contribution in [-0.2, 0) is 17.1 Å². The fourth-order valence-electron chi connectivity index (χ4n) is 3.69. The van der Waals surface area contributed by atoms with Crippen molar-refractivity contribution in [1.82, 2.24) is 14.2 Å². The van der Waals surface area contributed by atoms with Crippen LogP contribution in [0.4, 0.5) is 0 Å². The van der Waals surface area contributed by atoms with Gasteiger partial charge < -0.3 is 14.2 Å². The summed E-state index contributed by atoms with van der Waals surface area (Å²) in [5.74, 6) is 0.526. The van der Waals surface area contributed by atoms with Crippen LogP contribution in [0.2, 0.25) is 0 Å². The molecule has 1 aromatic carbocycles. The summed E-state index contributed by atoms with van der Waals surface area (Å²) in [6.45, 7) is 5.51. The zero-order valence-electron chi connectivity index (χ0n) is 18.1. The van der Waals surface area contributed by atoms with Crippen molar-refractivity contribution in [2.24, 2.45) is 13.0 Å². The molecule has 168 valence electrons. The summed E-state index contributed by atoms with van der Waals surface area (Å²) in [4.78, 5) is 26.7. The third-order valence-electron chi connectivity index (χ3n) is 5.57. The standard InChI is InChI=1S/C22H29N3O5S/c1-4-30-20-8-7-18(14-16(20)2)31(28,29)23-15-17-9-12-25(13-10-17)22(27)19-6-5-11-24(3)21(19)26/h5-8,11,14,17,23H,4,9-10,12-13,15H2,1-3H3. The van der Waals surface area contributed by atoms with Crippen LogP contribution in [0.1, 0.15) is 35.7 Å². The van der Waals surface area contributed by atoms with Gasteiger partial charge in [-0.25, -0.2) is 13.1 Å². The van der Waals surface area contributed by atoms with Gasteiger partial charge in [0.1, 0.15) is 11.3 Å². The average Bonchev–Trinajstić information content (AvgIpc) is 2.75. The molecule has 2 heterocycles. The Morgan fingerprint density at radius 2 is 1.94 bits per heavy atom. The van der Waals surface area contributed by atoms with Crippen LogP contribution < -0.4 is 15.0 Å². The summed E-state index contributed by atoms with van der Waals surface area (Å²) < 4.78 is 34.9. The van der Waals surface area contributed by atoms with Crippen molar-refractivity contribution in [3.63, 3.8) is 0 Å². The number of hydrogen-bond acceptors (Lipinski definition) is 5. The Kier molecular flexibility index (Phi) is 7.17. The Balaban J connectivity index is 1.56. The van der Waals surface area contributed by atoms with Crippen LogP contribution in [0, 0.1) is 12.8 Å². The second-order valence-electron chi connectivity index (χ2n) is 7.79. The lowest BCUT2D eigenvalue weighted by Gasteiger charge is -2.32. The van der Waals surface area contributed by atoms with Gasteiger partial charge in [0.05, 0.1) is 11.5 Å². The zero-order chi connectivity index (χ0) is 22.6. The summed E-state index contributed by atoms with van der Waals surface area (Å²) in [6, 6.07) is 8.05. The van der Waals surface area contributed by atoms with E-state index < -0.39 is 10.0 Å². The number of piperidine rings is 1. The number of amides is 1. The summed E-state index contributed by atoms with van der Waals surface area (Å²) in [7, 11) is -2.01. The number of likely N-dealkylation sites (tertiary alicyclic amines) is 1. The maximum absolute atomic E-state index is 12.7. The summed E-state index contributed by atoms with van der Waals surface area (Å²) in [5.41, 5.74) is 0.617. The molecule has 0 atom stereocenters. The van der Waals surface area contributed by atoms with Gasteiger partial charge in [-0.05, 0) is 68.5 Å². The normalized spacial score (nSPS) is 15.1. The van der Waals surface area contributed by atoms with Gasteiger partial charge in [-0.15, -0.1) is 0 Å². The quantitative estimate of drug-likeness (QED) is 0.699. The molecule has 1 fully saturated rings. The number of benzene rings is 1. The van der Waals surface area contributed by atoms with E-state index in [2.05, 4.69) is 4.72 Å². The SMILES string of the molecule is CCOc1ccc(S(=O)(=O)NCC2CCN(C(=O)c3cccn(C)c3=O)CC2)cc1C. The summed E-state index contributed by atoms with van der Waals surface area (Å²) >= 11 is 0. The molecule has 0 saturated carbocycles. The van der Waals surface area contributed by atoms with Gasteiger partial charge in [-0.2, -0.15) is 0 Å². The number of carbonyl (C=O) groups is 1. The number of hydrogen-bond donors (Lipinski definition) is 1. The molecule has 1 saturated heterocycles. The van der Waals surface area contributed by atoms with E-state index in [-0.39, 0.29) is 27.8 Å². The molecule has 1 aliphatic rings. The molecule has 0 aliphatic carbocycles. The van der Waals surface area contributed by atoms with Crippen molar-refractivity contribution >= 4 is 15.9 Å². The molecular weight excluding hydrogens is 418 g/mol. The van der Waals surface area contributed by atoms with E-state index in [0.717, 1.165) is 5.56 Å². The Labute approximate surface area is 182 Å². The van der Waals surface area contributed by atoms with Crippen LogP contribution >= 0.6 is 0 Å². The monoisotopic (exact) mass is 447 g/mol. The highest BCUT2D eigenvalue weighted by Gasteiger charge is 2.26. The predicted molar refractivity (Wildman–Crippen MR) is 118 cm³/mol. The molecule has 3 rings (SSSR count). The fraction of sp³-hybridized carbons (Fsp3) is 0.455. The Bertz CT molecular complexity index is 1100. The second kappa shape index (κ2) is 9.65. The van der Waals surface area contributed by atoms with Crippen LogP contribution in [0.25, 0.3) is 0 Å². The van der Waals surface area contributed by atoms with Crippen LogP contribution in [0.15, 0.2) is 46.2 Å². The number of rotatable bonds is 7. The molecule has 0 bridgehead atoms. The van der Waals surface area contributed by atoms with Crippen LogP contribution in [0.5, 0.6) is 5.75 Å². The van der Waals surface area contributed by atoms with E-state index in [1.54, 1.807) is 48.5 Å². The van der Waals surface area contributed by atoms with Gasteiger partial charge in [-0.3, -0.25) is 9.59 Å². The maximum Gasteiger partial charge on any atom is 0.263 e. The number of aryl methyl sites for hydroxylation is 2. The molecule has 9 heteroatoms. The maximum atomic E-state index is 12.7. The first-order valence-corrected chi connectivity index (χ1v) is 11.9. The average molecular weight is 448 g/mol. The van der Waals surface area contributed by atoms with Crippen molar-refractivity contribution in [2.75, 3.05) is 26.2 Å². The number of nitrogens with zero attached hydrogens (tertiary/aromatic N) is 2. The van der Waals surface area contributed by atoms with Crippen LogP contribution in [-0.4, -0.2) is 50.0 Å². The van der Waals surface area contributed by atoms with Gasteiger partial charge in [0.2, 0.25) is 10.0 Å². The topological polar surface area (TPSA) is 97.7 Å². The number of ether oxygens (including phenoxy) is 1. The second-order valence-corrected chi connectivity index (χ2v) is 9.55. The lowest BCUT2D eigenvalue weighted by Crippen LogP contribution is -2.43. The van der Waals surface area contributed by atoms with Crippen molar-refractivity contribution in [3.05, 3.63) is 58.0 Å². The molecule has 1 aromatic heterocycles. The highest BCUT2D eigenvalue weighted by atomic mass is 32.2. The molecule has 1 amide bonds. The van der Waals surface area contributed by atoms with Crippen molar-refractivity contribution in [1.29, 1.82) is 0 Å². The lowest BCUT2D eigenvalue weighted by molar-refractivity contribution is 0.0689. The Morgan fingerprint density at radius 3 is 2.58 bits per heavy atom. The number of pyridine rings is 1. The van der Waals surface area contributed by atoms with Gasteiger partial charge in [0.15, 0.2) is 0 Å². The Morgan fingerprint density at radius 1 is 1.23 bits per heavy atom. The molecule has 2 aromatic rings. The molecule has 1 N–H and O–H groups in total. The third-order valence-corrected chi connectivity index (χ3v) is 7.00. The summed E-state index contributed by atoms with van der Waals surface area (Å²) in [6.07, 6.45) is 2.96. The first-order chi connectivity index (χ1) is 14.7. The number of carbonyl (C=O) groups excluding carboxylic acids is 1. The van der Waals surface area contributed by atoms with E-state index in [0.29, 0.717) is 44.8 Å². The van der Waals surface area contributed by atoms with Gasteiger partial charge in [0, 0.05) is 32.9 Å². The van der Waals surface area contributed by atoms with Crippen LogP contribution in [0.3, 0.4) is 0 Å². The number of aromatic nitrogens is 1. The molecule has 31 heavy (non-hydrogen) atoms. The molecule has 1 aliphatic heterocycles. The van der Waals surface area contributed by atoms with Gasteiger partial charge >= 0.3 is 0 Å². The van der Waals surface area contributed by atoms with Crippen molar-refractivity contribution in [3.8, 4) is 5.75 Å². The fourth-order valence-corrected chi connectivity index (χ4v) is 4.89. The molecule has 0 spiro atoms. The minimum absolute atomic E-state index is 0.126.